The zero-order chi connectivity index (χ0) is 14.7. The molecule has 0 saturated carbocycles. The van der Waals surface area contributed by atoms with Crippen LogP contribution >= 0.6 is 0 Å². The molecule has 2 aromatic rings. The Kier molecular flexibility index (Phi) is 4.02. The molecule has 1 N–H and O–H groups in total. The number of nitrogens with zero attached hydrogens (tertiary/aromatic N) is 2. The molecule has 1 aromatic carbocycles. The molecule has 1 unspecified atom stereocenters. The first-order valence-corrected chi connectivity index (χ1v) is 6.49. The van der Waals surface area contributed by atoms with Gasteiger partial charge in [-0.15, -0.1) is 0 Å². The van der Waals surface area contributed by atoms with Gasteiger partial charge in [0, 0.05) is 13.1 Å². The highest BCUT2D eigenvalue weighted by Gasteiger charge is 2.24. The lowest BCUT2D eigenvalue weighted by atomic mass is 10.2. The van der Waals surface area contributed by atoms with Crippen LogP contribution in [0.5, 0.6) is 0 Å². The summed E-state index contributed by atoms with van der Waals surface area (Å²) in [5.41, 5.74) is 0.0127. The second-order valence-electron chi connectivity index (χ2n) is 4.48. The number of urea groups is 1. The second kappa shape index (κ2) is 5.73. The molecule has 0 fully saturated rings. The van der Waals surface area contributed by atoms with Crippen LogP contribution in [0, 0.1) is 0 Å². The Bertz CT molecular complexity index is 681. The molecule has 0 aliphatic heterocycles. The summed E-state index contributed by atoms with van der Waals surface area (Å²) in [6.45, 7) is 3.81. The fourth-order valence-corrected chi connectivity index (χ4v) is 1.89. The largest absolute Gasteiger partial charge is 0.388 e. The van der Waals surface area contributed by atoms with Gasteiger partial charge in [0.05, 0.1) is 10.9 Å². The summed E-state index contributed by atoms with van der Waals surface area (Å²) < 4.78 is 5.20. The van der Waals surface area contributed by atoms with E-state index >= 15 is 0 Å². The Morgan fingerprint density at radius 2 is 2.15 bits per heavy atom. The van der Waals surface area contributed by atoms with E-state index in [1.807, 2.05) is 13.8 Å². The molecule has 2 amide bonds. The number of aromatic nitrogens is 1. The molecule has 0 saturated heterocycles. The Morgan fingerprint density at radius 3 is 2.80 bits per heavy atom. The van der Waals surface area contributed by atoms with Crippen molar-refractivity contribution < 1.29 is 9.21 Å². The number of para-hydroxylation sites is 1. The summed E-state index contributed by atoms with van der Waals surface area (Å²) in [6, 6.07) is 6.41. The van der Waals surface area contributed by atoms with Gasteiger partial charge in [-0.2, -0.15) is 4.98 Å². The van der Waals surface area contributed by atoms with Crippen LogP contribution < -0.4 is 15.8 Å². The molecule has 20 heavy (non-hydrogen) atoms. The Labute approximate surface area is 116 Å². The van der Waals surface area contributed by atoms with Crippen molar-refractivity contribution in [2.75, 3.05) is 11.9 Å². The number of rotatable bonds is 3. The van der Waals surface area contributed by atoms with Crippen LogP contribution in [-0.4, -0.2) is 24.1 Å². The van der Waals surface area contributed by atoms with E-state index in [9.17, 15) is 9.59 Å². The molecule has 1 heterocycles. The number of benzene rings is 1. The van der Waals surface area contributed by atoms with Gasteiger partial charge in [-0.25, -0.2) is 14.5 Å². The van der Waals surface area contributed by atoms with Crippen molar-refractivity contribution in [3.63, 3.8) is 0 Å². The van der Waals surface area contributed by atoms with Gasteiger partial charge in [-0.05, 0) is 25.5 Å². The van der Waals surface area contributed by atoms with Crippen LogP contribution in [0.4, 0.5) is 10.8 Å². The number of carbonyl (C=O) groups excluding carboxylic acids is 1. The highest BCUT2D eigenvalue weighted by Crippen LogP contribution is 2.18. The predicted octanol–water partition coefficient (Wildman–Crippen LogP) is 2.13. The summed E-state index contributed by atoms with van der Waals surface area (Å²) in [5, 5.41) is 2.93. The Morgan fingerprint density at radius 1 is 1.45 bits per heavy atom. The summed E-state index contributed by atoms with van der Waals surface area (Å²) in [5.74, 6) is 0. The third kappa shape index (κ3) is 2.49. The third-order valence-electron chi connectivity index (χ3n) is 3.19. The molecule has 0 aliphatic carbocycles. The minimum atomic E-state index is -0.497. The molecule has 0 aliphatic rings. The maximum atomic E-state index is 12.0. The highest BCUT2D eigenvalue weighted by atomic mass is 16.4. The summed E-state index contributed by atoms with van der Waals surface area (Å²) >= 11 is 0. The van der Waals surface area contributed by atoms with Gasteiger partial charge < -0.3 is 9.73 Å². The number of amides is 2. The lowest BCUT2D eigenvalue weighted by molar-refractivity contribution is 0.244. The van der Waals surface area contributed by atoms with Crippen molar-refractivity contribution in [2.24, 2.45) is 0 Å². The van der Waals surface area contributed by atoms with Crippen molar-refractivity contribution in [1.82, 2.24) is 10.3 Å². The van der Waals surface area contributed by atoms with Crippen molar-refractivity contribution in [1.29, 1.82) is 0 Å². The van der Waals surface area contributed by atoms with Gasteiger partial charge in [-0.1, -0.05) is 19.1 Å². The van der Waals surface area contributed by atoms with E-state index < -0.39 is 5.63 Å². The molecule has 2 rings (SSSR count). The van der Waals surface area contributed by atoms with Crippen molar-refractivity contribution in [3.8, 4) is 0 Å². The number of hydrogen-bond acceptors (Lipinski definition) is 4. The molecule has 0 bridgehead atoms. The molecular formula is C14H17N3O3. The maximum Gasteiger partial charge on any atom is 0.348 e. The minimum absolute atomic E-state index is 0.0161. The van der Waals surface area contributed by atoms with E-state index in [1.165, 1.54) is 11.9 Å². The summed E-state index contributed by atoms with van der Waals surface area (Å²) in [6.07, 6.45) is 0.714. The van der Waals surface area contributed by atoms with E-state index in [0.717, 1.165) is 0 Å². The number of anilines is 1. The third-order valence-corrected chi connectivity index (χ3v) is 3.19. The fourth-order valence-electron chi connectivity index (χ4n) is 1.89. The smallest absolute Gasteiger partial charge is 0.348 e. The van der Waals surface area contributed by atoms with Crippen LogP contribution in [0.2, 0.25) is 0 Å². The summed E-state index contributed by atoms with van der Waals surface area (Å²) in [4.78, 5) is 29.6. The molecule has 106 valence electrons. The molecular weight excluding hydrogens is 258 g/mol. The van der Waals surface area contributed by atoms with Crippen molar-refractivity contribution in [3.05, 3.63) is 34.7 Å². The minimum Gasteiger partial charge on any atom is -0.388 e. The maximum absolute atomic E-state index is 12.0. The standard InChI is InChI=1S/C14H17N3O3/c1-4-9(2)17(13(19)15-3)14-16-11-8-6-5-7-10(11)12(18)20-14/h5-9H,4H2,1-3H3,(H,15,19). The second-order valence-corrected chi connectivity index (χ2v) is 4.48. The summed E-state index contributed by atoms with van der Waals surface area (Å²) in [7, 11) is 1.52. The first-order chi connectivity index (χ1) is 9.58. The average molecular weight is 275 g/mol. The van der Waals surface area contributed by atoms with Crippen LogP contribution in [-0.2, 0) is 0 Å². The van der Waals surface area contributed by atoms with Crippen molar-refractivity contribution >= 4 is 22.9 Å². The van der Waals surface area contributed by atoms with E-state index in [-0.39, 0.29) is 18.1 Å². The van der Waals surface area contributed by atoms with Crippen LogP contribution in [0.25, 0.3) is 10.9 Å². The van der Waals surface area contributed by atoms with Crippen LogP contribution in [0.1, 0.15) is 20.3 Å². The monoisotopic (exact) mass is 275 g/mol. The van der Waals surface area contributed by atoms with Crippen molar-refractivity contribution in [2.45, 2.75) is 26.3 Å². The van der Waals surface area contributed by atoms with Crippen LogP contribution in [0.3, 0.4) is 0 Å². The molecule has 0 spiro atoms. The van der Waals surface area contributed by atoms with E-state index in [2.05, 4.69) is 10.3 Å². The quantitative estimate of drug-likeness (QED) is 0.931. The molecule has 6 heteroatoms. The molecule has 1 atom stereocenters. The van der Waals surface area contributed by atoms with Gasteiger partial charge in [0.15, 0.2) is 0 Å². The predicted molar refractivity (Wildman–Crippen MR) is 77.0 cm³/mol. The van der Waals surface area contributed by atoms with Gasteiger partial charge >= 0.3 is 17.7 Å². The first-order valence-electron chi connectivity index (χ1n) is 6.49. The average Bonchev–Trinajstić information content (AvgIpc) is 2.47. The van der Waals surface area contributed by atoms with Gasteiger partial charge in [-0.3, -0.25) is 0 Å². The van der Waals surface area contributed by atoms with Gasteiger partial charge in [0.1, 0.15) is 0 Å². The molecule has 0 radical (unpaired) electrons. The van der Waals surface area contributed by atoms with Gasteiger partial charge in [0.25, 0.3) is 0 Å². The zero-order valence-electron chi connectivity index (χ0n) is 11.7. The van der Waals surface area contributed by atoms with E-state index in [4.69, 9.17) is 4.42 Å². The number of nitrogens with one attached hydrogen (secondary N) is 1. The normalized spacial score (nSPS) is 12.2. The highest BCUT2D eigenvalue weighted by molar-refractivity contribution is 5.91. The lowest BCUT2D eigenvalue weighted by Crippen LogP contribution is -2.44. The number of carbonyl (C=O) groups is 1. The Balaban J connectivity index is 2.59. The van der Waals surface area contributed by atoms with E-state index in [0.29, 0.717) is 17.3 Å². The Hall–Kier alpha value is -2.37. The fraction of sp³-hybridized carbons (Fsp3) is 0.357. The number of hydrogen-bond donors (Lipinski definition) is 1. The molecule has 1 aromatic heterocycles. The lowest BCUT2D eigenvalue weighted by Gasteiger charge is -2.25. The topological polar surface area (TPSA) is 75.4 Å². The molecule has 6 nitrogen and oxygen atoms in total. The van der Waals surface area contributed by atoms with Gasteiger partial charge in [0.2, 0.25) is 0 Å². The zero-order valence-corrected chi connectivity index (χ0v) is 11.7. The van der Waals surface area contributed by atoms with E-state index in [1.54, 1.807) is 24.3 Å². The SMILES string of the molecule is CCC(C)N(C(=O)NC)c1nc2ccccc2c(=O)o1. The van der Waals surface area contributed by atoms with Crippen LogP contribution in [0.15, 0.2) is 33.5 Å². The first kappa shape index (κ1) is 14.0. The number of fused-ring (bicyclic) bond motifs is 1.